The van der Waals surface area contributed by atoms with Crippen LogP contribution in [0.5, 0.6) is 11.5 Å². The topological polar surface area (TPSA) is 75.2 Å². The van der Waals surface area contributed by atoms with Crippen molar-refractivity contribution in [3.05, 3.63) is 24.3 Å². The van der Waals surface area contributed by atoms with E-state index in [-0.39, 0.29) is 18.6 Å². The number of fused-ring (bicyclic) bond motifs is 1. The van der Waals surface area contributed by atoms with Crippen LogP contribution in [0.2, 0.25) is 0 Å². The molecular weight excluding hydrogens is 208 g/mol. The van der Waals surface area contributed by atoms with Crippen LogP contribution in [0, 0.1) is 0 Å². The van der Waals surface area contributed by atoms with Gasteiger partial charge in [-0.25, -0.2) is 0 Å². The van der Waals surface area contributed by atoms with Crippen molar-refractivity contribution in [3.63, 3.8) is 0 Å². The number of hydrogen-bond donors (Lipinski definition) is 2. The van der Waals surface area contributed by atoms with Crippen LogP contribution in [0.25, 0.3) is 0 Å². The number of hydrogen-bond acceptors (Lipinski definition) is 3. The minimum atomic E-state index is -0.134. The summed E-state index contributed by atoms with van der Waals surface area (Å²) in [5.41, 5.74) is 3.50. The maximum absolute atomic E-state index is 11.0. The van der Waals surface area contributed by atoms with E-state index in [9.17, 15) is 4.79 Å². The molecule has 0 aromatic heterocycles. The highest BCUT2D eigenvalue weighted by atomic mass is 16.6. The number of quaternary nitrogens is 1. The van der Waals surface area contributed by atoms with E-state index in [4.69, 9.17) is 9.47 Å². The highest BCUT2D eigenvalue weighted by molar-refractivity contribution is 5.76. The Hall–Kier alpha value is -1.75. The minimum Gasteiger partial charge on any atom is -0.486 e. The number of para-hydroxylation sites is 2. The molecule has 1 atom stereocenters. The average Bonchev–Trinajstić information content (AvgIpc) is 2.35. The molecule has 4 N–H and O–H groups in total. The maximum atomic E-state index is 11.0. The lowest BCUT2D eigenvalue weighted by atomic mass is 10.2. The largest absolute Gasteiger partial charge is 0.486 e. The molecule has 0 radical (unpaired) electrons. The van der Waals surface area contributed by atoms with Crippen LogP contribution in [0.3, 0.4) is 0 Å². The summed E-state index contributed by atoms with van der Waals surface area (Å²) in [6.07, 6.45) is -0.134. The van der Waals surface area contributed by atoms with E-state index in [0.717, 1.165) is 11.5 Å². The fourth-order valence-electron chi connectivity index (χ4n) is 1.48. The lowest BCUT2D eigenvalue weighted by molar-refractivity contribution is -0.355. The fraction of sp³-hybridized carbons (Fsp3) is 0.364. The normalized spacial score (nSPS) is 17.9. The van der Waals surface area contributed by atoms with Crippen molar-refractivity contribution in [2.75, 3.05) is 19.7 Å². The third kappa shape index (κ3) is 2.43. The highest BCUT2D eigenvalue weighted by Gasteiger charge is 2.20. The molecule has 1 aliphatic heterocycles. The van der Waals surface area contributed by atoms with Gasteiger partial charge < -0.3 is 20.5 Å². The summed E-state index contributed by atoms with van der Waals surface area (Å²) in [4.78, 5) is 11.0. The van der Waals surface area contributed by atoms with Gasteiger partial charge in [0, 0.05) is 0 Å². The Bertz CT molecular complexity index is 381. The van der Waals surface area contributed by atoms with Crippen LogP contribution in [0.1, 0.15) is 0 Å². The van der Waals surface area contributed by atoms with Crippen LogP contribution in [0.4, 0.5) is 0 Å². The molecular formula is C11H15N2O3+. The van der Waals surface area contributed by atoms with Gasteiger partial charge in [-0.1, -0.05) is 12.1 Å². The number of carbonyl (C=O) groups is 1. The molecule has 16 heavy (non-hydrogen) atoms. The molecule has 1 heterocycles. The lowest BCUT2D eigenvalue weighted by Gasteiger charge is -2.26. The molecule has 5 nitrogen and oxygen atoms in total. The standard InChI is InChI=1S/C11H14N2O3/c12-5-11(14)13-6-8-7-15-9-3-1-2-4-10(9)16-8/h1-4,8H,5-7,12H2,(H,13,14)/p+1/t8-/m0/s1. The molecule has 0 fully saturated rings. The van der Waals surface area contributed by atoms with Gasteiger partial charge in [0.15, 0.2) is 18.0 Å². The van der Waals surface area contributed by atoms with Crippen LogP contribution in [-0.2, 0) is 4.79 Å². The third-order valence-corrected chi connectivity index (χ3v) is 2.32. The van der Waals surface area contributed by atoms with Crippen molar-refractivity contribution in [3.8, 4) is 11.5 Å². The van der Waals surface area contributed by atoms with E-state index in [2.05, 4.69) is 11.1 Å². The van der Waals surface area contributed by atoms with Gasteiger partial charge in [-0.15, -0.1) is 0 Å². The summed E-state index contributed by atoms with van der Waals surface area (Å²) < 4.78 is 11.2. The monoisotopic (exact) mass is 223 g/mol. The van der Waals surface area contributed by atoms with Crippen LogP contribution in [0.15, 0.2) is 24.3 Å². The molecule has 1 aromatic rings. The van der Waals surface area contributed by atoms with E-state index in [1.807, 2.05) is 24.3 Å². The summed E-state index contributed by atoms with van der Waals surface area (Å²) in [6.45, 7) is 1.14. The zero-order valence-corrected chi connectivity index (χ0v) is 8.94. The first-order valence-electron chi connectivity index (χ1n) is 5.24. The number of ether oxygens (including phenoxy) is 2. The van der Waals surface area contributed by atoms with E-state index in [1.165, 1.54) is 0 Å². The van der Waals surface area contributed by atoms with Gasteiger partial charge in [0.05, 0.1) is 6.54 Å². The quantitative estimate of drug-likeness (QED) is 0.703. The van der Waals surface area contributed by atoms with E-state index < -0.39 is 0 Å². The van der Waals surface area contributed by atoms with Gasteiger partial charge in [0.1, 0.15) is 12.7 Å². The molecule has 1 aliphatic rings. The fourth-order valence-corrected chi connectivity index (χ4v) is 1.48. The number of rotatable bonds is 3. The van der Waals surface area contributed by atoms with Crippen molar-refractivity contribution in [1.82, 2.24) is 5.32 Å². The molecule has 0 saturated carbocycles. The first-order valence-corrected chi connectivity index (χ1v) is 5.24. The highest BCUT2D eigenvalue weighted by Crippen LogP contribution is 2.30. The first kappa shape index (κ1) is 10.8. The molecule has 0 saturated heterocycles. The summed E-state index contributed by atoms with van der Waals surface area (Å²) >= 11 is 0. The molecule has 0 bridgehead atoms. The molecule has 0 unspecified atom stereocenters. The Morgan fingerprint density at radius 3 is 2.94 bits per heavy atom. The summed E-state index contributed by atoms with van der Waals surface area (Å²) in [5, 5.41) is 2.73. The smallest absolute Gasteiger partial charge is 0.275 e. The summed E-state index contributed by atoms with van der Waals surface area (Å²) in [5.74, 6) is 1.40. The maximum Gasteiger partial charge on any atom is 0.275 e. The molecule has 5 heteroatoms. The van der Waals surface area contributed by atoms with Gasteiger partial charge in [-0.3, -0.25) is 4.79 Å². The number of nitrogens with one attached hydrogen (secondary N) is 1. The zero-order valence-electron chi connectivity index (χ0n) is 8.94. The second-order valence-corrected chi connectivity index (χ2v) is 3.55. The van der Waals surface area contributed by atoms with E-state index in [1.54, 1.807) is 0 Å². The Labute approximate surface area is 93.5 Å². The first-order chi connectivity index (χ1) is 7.79. The Balaban J connectivity index is 1.90. The van der Waals surface area contributed by atoms with Gasteiger partial charge >= 0.3 is 0 Å². The Morgan fingerprint density at radius 2 is 2.19 bits per heavy atom. The van der Waals surface area contributed by atoms with Crippen LogP contribution in [-0.4, -0.2) is 31.7 Å². The SMILES string of the molecule is [NH3+]CC(=O)NC[C@H]1COc2ccccc2O1. The number of carbonyl (C=O) groups excluding carboxylic acids is 1. The molecule has 86 valence electrons. The molecule has 0 spiro atoms. The lowest BCUT2D eigenvalue weighted by Crippen LogP contribution is -2.58. The second kappa shape index (κ2) is 4.85. The molecule has 1 aromatic carbocycles. The minimum absolute atomic E-state index is 0.0811. The van der Waals surface area contributed by atoms with Crippen LogP contribution < -0.4 is 20.5 Å². The van der Waals surface area contributed by atoms with E-state index >= 15 is 0 Å². The summed E-state index contributed by atoms with van der Waals surface area (Å²) in [7, 11) is 0. The Kier molecular flexibility index (Phi) is 3.26. The zero-order chi connectivity index (χ0) is 11.4. The predicted octanol–water partition coefficient (Wildman–Crippen LogP) is -0.815. The average molecular weight is 223 g/mol. The second-order valence-electron chi connectivity index (χ2n) is 3.55. The third-order valence-electron chi connectivity index (χ3n) is 2.32. The van der Waals surface area contributed by atoms with Gasteiger partial charge in [-0.05, 0) is 12.1 Å². The van der Waals surface area contributed by atoms with E-state index in [0.29, 0.717) is 13.2 Å². The number of benzene rings is 1. The Morgan fingerprint density at radius 1 is 1.44 bits per heavy atom. The molecule has 0 aliphatic carbocycles. The van der Waals surface area contributed by atoms with Gasteiger partial charge in [0.25, 0.3) is 5.91 Å². The van der Waals surface area contributed by atoms with Crippen molar-refractivity contribution in [2.45, 2.75) is 6.10 Å². The van der Waals surface area contributed by atoms with Crippen LogP contribution >= 0.6 is 0 Å². The van der Waals surface area contributed by atoms with Gasteiger partial charge in [0.2, 0.25) is 0 Å². The van der Waals surface area contributed by atoms with Crippen molar-refractivity contribution >= 4 is 5.91 Å². The number of amides is 1. The van der Waals surface area contributed by atoms with Crippen molar-refractivity contribution in [2.24, 2.45) is 0 Å². The molecule has 2 rings (SSSR count). The van der Waals surface area contributed by atoms with Crippen molar-refractivity contribution in [1.29, 1.82) is 0 Å². The predicted molar refractivity (Wildman–Crippen MR) is 57.1 cm³/mol. The molecule has 1 amide bonds. The van der Waals surface area contributed by atoms with Gasteiger partial charge in [-0.2, -0.15) is 0 Å². The summed E-state index contributed by atoms with van der Waals surface area (Å²) in [6, 6.07) is 7.50. The van der Waals surface area contributed by atoms with Crippen molar-refractivity contribution < 1.29 is 20.0 Å².